The number of para-hydroxylation sites is 2. The van der Waals surface area contributed by atoms with Gasteiger partial charge in [-0.3, -0.25) is 4.79 Å². The van der Waals surface area contributed by atoms with Gasteiger partial charge >= 0.3 is 5.91 Å². The molecule has 5 rings (SSSR count). The van der Waals surface area contributed by atoms with Crippen molar-refractivity contribution in [2.24, 2.45) is 4.99 Å². The van der Waals surface area contributed by atoms with Crippen LogP contribution in [-0.2, 0) is 0 Å². The van der Waals surface area contributed by atoms with Gasteiger partial charge in [0.2, 0.25) is 12.3 Å². The first-order valence-electron chi connectivity index (χ1n) is 11.8. The molecule has 2 unspecified atom stereocenters. The Morgan fingerprint density at radius 1 is 0.892 bits per heavy atom. The van der Waals surface area contributed by atoms with Crippen LogP contribution in [0.3, 0.4) is 0 Å². The van der Waals surface area contributed by atoms with Crippen molar-refractivity contribution in [2.45, 2.75) is 13.0 Å². The SMILES string of the molecule is COc1cccc(OC)c1C(=O)N[N+]1(c2ccnc(NC(C)c3ccccc3)n2)C=Nc2ccccc21. The van der Waals surface area contributed by atoms with Crippen molar-refractivity contribution in [3.05, 3.63) is 96.2 Å². The van der Waals surface area contributed by atoms with E-state index in [1.807, 2.05) is 61.5 Å². The minimum absolute atomic E-state index is 0.0307. The van der Waals surface area contributed by atoms with Crippen LogP contribution in [0.4, 0.5) is 23.1 Å². The maximum absolute atomic E-state index is 13.8. The van der Waals surface area contributed by atoms with Gasteiger partial charge < -0.3 is 14.8 Å². The normalized spacial score (nSPS) is 16.5. The average molecular weight is 496 g/mol. The highest BCUT2D eigenvalue weighted by Crippen LogP contribution is 2.42. The largest absolute Gasteiger partial charge is 0.496 e. The molecule has 0 radical (unpaired) electrons. The number of ether oxygens (including phenoxy) is 2. The summed E-state index contributed by atoms with van der Waals surface area (Å²) in [6.07, 6.45) is 3.31. The first kappa shape index (κ1) is 24.0. The second-order valence-electron chi connectivity index (χ2n) is 8.45. The highest BCUT2D eigenvalue weighted by molar-refractivity contribution is 6.04. The van der Waals surface area contributed by atoms with E-state index in [0.29, 0.717) is 23.3 Å². The van der Waals surface area contributed by atoms with Crippen molar-refractivity contribution >= 4 is 35.4 Å². The van der Waals surface area contributed by atoms with Crippen LogP contribution >= 0.6 is 0 Å². The first-order chi connectivity index (χ1) is 18.1. The van der Waals surface area contributed by atoms with Gasteiger partial charge in [-0.1, -0.05) is 53.1 Å². The molecule has 0 aliphatic carbocycles. The van der Waals surface area contributed by atoms with Crippen molar-refractivity contribution in [2.75, 3.05) is 19.5 Å². The zero-order chi connectivity index (χ0) is 25.8. The molecule has 0 saturated carbocycles. The zero-order valence-corrected chi connectivity index (χ0v) is 20.8. The summed E-state index contributed by atoms with van der Waals surface area (Å²) in [6.45, 7) is 2.04. The number of aromatic nitrogens is 2. The Morgan fingerprint density at radius 3 is 2.32 bits per heavy atom. The van der Waals surface area contributed by atoms with Crippen LogP contribution in [0.15, 0.2) is 90.1 Å². The van der Waals surface area contributed by atoms with E-state index in [4.69, 9.17) is 14.5 Å². The number of hydrogen-bond donors (Lipinski definition) is 2. The molecule has 2 heterocycles. The van der Waals surface area contributed by atoms with Crippen LogP contribution < -0.4 is 24.8 Å². The molecule has 0 saturated heterocycles. The van der Waals surface area contributed by atoms with Crippen molar-refractivity contribution in [1.82, 2.24) is 20.0 Å². The third kappa shape index (κ3) is 4.48. The molecular weight excluding hydrogens is 468 g/mol. The number of carbonyl (C=O) groups excluding carboxylic acids is 1. The van der Waals surface area contributed by atoms with E-state index in [1.54, 1.807) is 36.8 Å². The molecular formula is C28H27N6O3+. The van der Waals surface area contributed by atoms with E-state index in [-0.39, 0.29) is 16.2 Å². The summed E-state index contributed by atoms with van der Waals surface area (Å²) >= 11 is 0. The summed E-state index contributed by atoms with van der Waals surface area (Å²) in [5.41, 5.74) is 5.95. The average Bonchev–Trinajstić information content (AvgIpc) is 3.32. The van der Waals surface area contributed by atoms with Crippen LogP contribution in [0.2, 0.25) is 0 Å². The van der Waals surface area contributed by atoms with Gasteiger partial charge in [-0.05, 0) is 30.7 Å². The molecule has 0 fully saturated rings. The van der Waals surface area contributed by atoms with E-state index in [1.165, 1.54) is 14.2 Å². The molecule has 3 aromatic carbocycles. The number of anilines is 1. The quantitative estimate of drug-likeness (QED) is 0.321. The summed E-state index contributed by atoms with van der Waals surface area (Å²) in [7, 11) is 3.03. The lowest BCUT2D eigenvalue weighted by molar-refractivity contribution is 0.0898. The lowest BCUT2D eigenvalue weighted by atomic mass is 10.1. The van der Waals surface area contributed by atoms with Crippen LogP contribution in [0, 0.1) is 0 Å². The molecule has 9 nitrogen and oxygen atoms in total. The first-order valence-corrected chi connectivity index (χ1v) is 11.8. The van der Waals surface area contributed by atoms with Crippen LogP contribution in [0.1, 0.15) is 28.9 Å². The predicted octanol–water partition coefficient (Wildman–Crippen LogP) is 5.32. The van der Waals surface area contributed by atoms with Gasteiger partial charge in [0.25, 0.3) is 5.82 Å². The van der Waals surface area contributed by atoms with Crippen molar-refractivity contribution in [3.63, 3.8) is 0 Å². The third-order valence-electron chi connectivity index (χ3n) is 6.21. The van der Waals surface area contributed by atoms with Crippen molar-refractivity contribution in [3.8, 4) is 11.5 Å². The monoisotopic (exact) mass is 495 g/mol. The highest BCUT2D eigenvalue weighted by atomic mass is 16.5. The number of methoxy groups -OCH3 is 2. The van der Waals surface area contributed by atoms with Gasteiger partial charge in [0.05, 0.1) is 20.3 Å². The van der Waals surface area contributed by atoms with E-state index in [0.717, 1.165) is 16.9 Å². The Balaban J connectivity index is 1.56. The summed E-state index contributed by atoms with van der Waals surface area (Å²) < 4.78 is 10.7. The molecule has 2 N–H and O–H groups in total. The summed E-state index contributed by atoms with van der Waals surface area (Å²) in [5.74, 6) is 1.30. The maximum atomic E-state index is 13.8. The molecule has 1 aromatic heterocycles. The summed E-state index contributed by atoms with van der Waals surface area (Å²) in [5, 5.41) is 3.36. The van der Waals surface area contributed by atoms with Gasteiger partial charge in [-0.2, -0.15) is 15.4 Å². The van der Waals surface area contributed by atoms with Gasteiger partial charge in [0, 0.05) is 18.3 Å². The number of carbonyl (C=O) groups is 1. The van der Waals surface area contributed by atoms with Crippen LogP contribution in [0.5, 0.6) is 11.5 Å². The Hall–Kier alpha value is -4.76. The molecule has 186 valence electrons. The zero-order valence-electron chi connectivity index (χ0n) is 20.8. The smallest absolute Gasteiger partial charge is 0.304 e. The van der Waals surface area contributed by atoms with E-state index in [9.17, 15) is 4.79 Å². The maximum Gasteiger partial charge on any atom is 0.304 e. The number of fused-ring (bicyclic) bond motifs is 1. The van der Waals surface area contributed by atoms with Gasteiger partial charge in [-0.15, -0.1) is 0 Å². The molecule has 1 aliphatic heterocycles. The second kappa shape index (κ2) is 10.1. The fraction of sp³-hybridized carbons (Fsp3) is 0.143. The van der Waals surface area contributed by atoms with Crippen molar-refractivity contribution in [1.29, 1.82) is 0 Å². The Labute approximate surface area is 215 Å². The number of rotatable bonds is 8. The van der Waals surface area contributed by atoms with E-state index in [2.05, 4.69) is 20.7 Å². The van der Waals surface area contributed by atoms with Crippen molar-refractivity contribution < 1.29 is 14.3 Å². The van der Waals surface area contributed by atoms with E-state index >= 15 is 0 Å². The number of benzene rings is 3. The van der Waals surface area contributed by atoms with Crippen LogP contribution in [-0.4, -0.2) is 36.4 Å². The van der Waals surface area contributed by atoms with Gasteiger partial charge in [0.1, 0.15) is 22.7 Å². The fourth-order valence-corrected chi connectivity index (χ4v) is 4.34. The van der Waals surface area contributed by atoms with Gasteiger partial charge in [-0.25, -0.2) is 4.98 Å². The summed E-state index contributed by atoms with van der Waals surface area (Å²) in [6, 6.07) is 24.5. The molecule has 2 atom stereocenters. The second-order valence-corrected chi connectivity index (χ2v) is 8.45. The fourth-order valence-electron chi connectivity index (χ4n) is 4.34. The van der Waals surface area contributed by atoms with Gasteiger partial charge in [0.15, 0.2) is 5.69 Å². The number of nitrogens with one attached hydrogen (secondary N) is 2. The number of nitrogens with zero attached hydrogens (tertiary/aromatic N) is 4. The number of quaternary nitrogens is 1. The highest BCUT2D eigenvalue weighted by Gasteiger charge is 2.44. The minimum Gasteiger partial charge on any atom is -0.496 e. The number of hydrogen-bond acceptors (Lipinski definition) is 7. The molecule has 9 heteroatoms. The predicted molar refractivity (Wildman–Crippen MR) is 144 cm³/mol. The molecule has 0 spiro atoms. The van der Waals surface area contributed by atoms with E-state index < -0.39 is 5.91 Å². The standard InChI is InChI=1S/C28H26N6O3/c1-19(20-10-5-4-6-11-20)31-28-29-17-16-25(32-28)34(18-30-21-12-7-8-13-22(21)34)33-27(35)26-23(36-2)14-9-15-24(26)37-3/h4-19H,1-3H3,(H-,29,31,32,33,35)/p+1. The Kier molecular flexibility index (Phi) is 6.53. The molecule has 4 aromatic rings. The Morgan fingerprint density at radius 2 is 1.59 bits per heavy atom. The van der Waals surface area contributed by atoms with Crippen LogP contribution in [0.25, 0.3) is 0 Å². The Bertz CT molecular complexity index is 1440. The molecule has 1 amide bonds. The molecule has 0 bridgehead atoms. The number of aliphatic imine (C=N–C) groups is 1. The summed E-state index contributed by atoms with van der Waals surface area (Å²) in [4.78, 5) is 27.6. The lowest BCUT2D eigenvalue weighted by Crippen LogP contribution is -2.56. The molecule has 1 aliphatic rings. The topological polar surface area (TPSA) is 97.7 Å². The molecule has 37 heavy (non-hydrogen) atoms. The third-order valence-corrected chi connectivity index (χ3v) is 6.21. The minimum atomic E-state index is -0.414. The lowest BCUT2D eigenvalue weighted by Gasteiger charge is -2.29. The number of amides is 1.